The van der Waals surface area contributed by atoms with Crippen molar-refractivity contribution in [1.29, 1.82) is 0 Å². The molecule has 3 rings (SSSR count). The van der Waals surface area contributed by atoms with Crippen molar-refractivity contribution in [2.75, 3.05) is 5.32 Å². The number of thiazole rings is 1. The first-order chi connectivity index (χ1) is 11.1. The molecule has 3 nitrogen and oxygen atoms in total. The third-order valence-corrected chi connectivity index (χ3v) is 4.66. The molecule has 0 bridgehead atoms. The Morgan fingerprint density at radius 2 is 1.83 bits per heavy atom. The number of benzene rings is 2. The fraction of sp³-hybridized carbons (Fsp3) is 0.111. The summed E-state index contributed by atoms with van der Waals surface area (Å²) >= 11 is 5.02. The van der Waals surface area contributed by atoms with Gasteiger partial charge in [-0.1, -0.05) is 40.2 Å². The van der Waals surface area contributed by atoms with Crippen LogP contribution in [0.1, 0.15) is 10.6 Å². The molecule has 3 aromatic rings. The monoisotopic (exact) mass is 386 g/mol. The first-order valence-corrected chi connectivity index (χ1v) is 8.84. The van der Waals surface area contributed by atoms with E-state index in [4.69, 9.17) is 0 Å². The first kappa shape index (κ1) is 15.9. The van der Waals surface area contributed by atoms with Crippen LogP contribution in [0.15, 0.2) is 58.4 Å². The normalized spacial score (nSPS) is 10.5. The van der Waals surface area contributed by atoms with E-state index in [0.717, 1.165) is 32.0 Å². The van der Waals surface area contributed by atoms with Gasteiger partial charge in [0.05, 0.1) is 17.1 Å². The summed E-state index contributed by atoms with van der Waals surface area (Å²) in [6, 6.07) is 15.5. The van der Waals surface area contributed by atoms with Crippen LogP contribution >= 0.6 is 27.3 Å². The topological polar surface area (TPSA) is 42.0 Å². The van der Waals surface area contributed by atoms with Crippen molar-refractivity contribution >= 4 is 38.9 Å². The molecule has 23 heavy (non-hydrogen) atoms. The minimum atomic E-state index is -0.0235. The van der Waals surface area contributed by atoms with E-state index in [1.54, 1.807) is 11.3 Å². The van der Waals surface area contributed by atoms with Gasteiger partial charge in [0.25, 0.3) is 0 Å². The predicted octanol–water partition coefficient (Wildman–Crippen LogP) is 5.06. The van der Waals surface area contributed by atoms with Gasteiger partial charge >= 0.3 is 0 Å². The lowest BCUT2D eigenvalue weighted by Gasteiger charge is -2.06. The number of carbonyl (C=O) groups excluding carboxylic acids is 1. The van der Waals surface area contributed by atoms with E-state index >= 15 is 0 Å². The second-order valence-electron chi connectivity index (χ2n) is 5.18. The van der Waals surface area contributed by atoms with Gasteiger partial charge in [0.2, 0.25) is 5.91 Å². The SMILES string of the molecule is Cc1nc(-c2ccc(NC(=O)Cc3ccc(Br)cc3)cc2)cs1. The Morgan fingerprint density at radius 3 is 2.43 bits per heavy atom. The molecular weight excluding hydrogens is 372 g/mol. The fourth-order valence-electron chi connectivity index (χ4n) is 2.21. The highest BCUT2D eigenvalue weighted by Gasteiger charge is 2.06. The van der Waals surface area contributed by atoms with Gasteiger partial charge in [0.1, 0.15) is 0 Å². The number of hydrogen-bond acceptors (Lipinski definition) is 3. The Bertz CT molecular complexity index is 810. The van der Waals surface area contributed by atoms with Crippen molar-refractivity contribution < 1.29 is 4.79 Å². The number of carbonyl (C=O) groups is 1. The summed E-state index contributed by atoms with van der Waals surface area (Å²) in [5.74, 6) is -0.0235. The lowest BCUT2D eigenvalue weighted by molar-refractivity contribution is -0.115. The number of halogens is 1. The number of rotatable bonds is 4. The van der Waals surface area contributed by atoms with Gasteiger partial charge in [-0.2, -0.15) is 0 Å². The standard InChI is InChI=1S/C18H15BrN2OS/c1-12-20-17(11-23-12)14-4-8-16(9-5-14)21-18(22)10-13-2-6-15(19)7-3-13/h2-9,11H,10H2,1H3,(H,21,22). The van der Waals surface area contributed by atoms with Crippen molar-refractivity contribution in [1.82, 2.24) is 4.98 Å². The minimum absolute atomic E-state index is 0.0235. The van der Waals surface area contributed by atoms with Gasteiger partial charge in [-0.25, -0.2) is 4.98 Å². The van der Waals surface area contributed by atoms with Crippen LogP contribution in [0, 0.1) is 6.92 Å². The maximum atomic E-state index is 12.1. The average molecular weight is 387 g/mol. The third-order valence-electron chi connectivity index (χ3n) is 3.36. The molecule has 1 amide bonds. The summed E-state index contributed by atoms with van der Waals surface area (Å²) in [4.78, 5) is 16.6. The molecule has 116 valence electrons. The smallest absolute Gasteiger partial charge is 0.228 e. The van der Waals surface area contributed by atoms with Crippen LogP contribution in [0.25, 0.3) is 11.3 Å². The zero-order chi connectivity index (χ0) is 16.2. The quantitative estimate of drug-likeness (QED) is 0.680. The summed E-state index contributed by atoms with van der Waals surface area (Å²) < 4.78 is 1.01. The summed E-state index contributed by atoms with van der Waals surface area (Å²) in [7, 11) is 0. The Hall–Kier alpha value is -1.98. The van der Waals surface area contributed by atoms with Crippen molar-refractivity contribution in [3.63, 3.8) is 0 Å². The average Bonchev–Trinajstić information content (AvgIpc) is 2.97. The van der Waals surface area contributed by atoms with Crippen LogP contribution < -0.4 is 5.32 Å². The Morgan fingerprint density at radius 1 is 1.13 bits per heavy atom. The molecule has 1 aromatic heterocycles. The highest BCUT2D eigenvalue weighted by Crippen LogP contribution is 2.23. The predicted molar refractivity (Wildman–Crippen MR) is 98.8 cm³/mol. The molecule has 5 heteroatoms. The largest absolute Gasteiger partial charge is 0.326 e. The van der Waals surface area contributed by atoms with Crippen molar-refractivity contribution in [3.05, 3.63) is 69.0 Å². The minimum Gasteiger partial charge on any atom is -0.326 e. The Kier molecular flexibility index (Phi) is 4.88. The molecule has 0 saturated heterocycles. The zero-order valence-electron chi connectivity index (χ0n) is 12.5. The number of hydrogen-bond donors (Lipinski definition) is 1. The molecule has 0 aliphatic carbocycles. The summed E-state index contributed by atoms with van der Waals surface area (Å²) in [5.41, 5.74) is 3.81. The summed E-state index contributed by atoms with van der Waals surface area (Å²) in [6.07, 6.45) is 0.361. The maximum Gasteiger partial charge on any atom is 0.228 e. The molecule has 0 fully saturated rings. The Balaban J connectivity index is 1.63. The van der Waals surface area contributed by atoms with E-state index in [-0.39, 0.29) is 5.91 Å². The molecule has 0 aliphatic heterocycles. The Labute approximate surface area is 147 Å². The van der Waals surface area contributed by atoms with E-state index < -0.39 is 0 Å². The van der Waals surface area contributed by atoms with Crippen LogP contribution in [0.4, 0.5) is 5.69 Å². The highest BCUT2D eigenvalue weighted by atomic mass is 79.9. The van der Waals surface area contributed by atoms with Crippen LogP contribution in [-0.2, 0) is 11.2 Å². The van der Waals surface area contributed by atoms with Crippen molar-refractivity contribution in [2.24, 2.45) is 0 Å². The van der Waals surface area contributed by atoms with Crippen LogP contribution in [0.5, 0.6) is 0 Å². The van der Waals surface area contributed by atoms with Gasteiger partial charge in [0.15, 0.2) is 0 Å². The van der Waals surface area contributed by atoms with Gasteiger partial charge in [-0.3, -0.25) is 4.79 Å². The lowest BCUT2D eigenvalue weighted by Crippen LogP contribution is -2.14. The molecule has 0 saturated carbocycles. The van der Waals surface area contributed by atoms with E-state index in [1.807, 2.05) is 60.8 Å². The van der Waals surface area contributed by atoms with Gasteiger partial charge in [-0.05, 0) is 36.8 Å². The van der Waals surface area contributed by atoms with E-state index in [2.05, 4.69) is 26.2 Å². The molecule has 0 spiro atoms. The number of amides is 1. The van der Waals surface area contributed by atoms with E-state index in [0.29, 0.717) is 6.42 Å². The van der Waals surface area contributed by atoms with Crippen LogP contribution in [0.2, 0.25) is 0 Å². The van der Waals surface area contributed by atoms with Gasteiger partial charge in [0, 0.05) is 21.1 Å². The molecule has 0 atom stereocenters. The zero-order valence-corrected chi connectivity index (χ0v) is 14.9. The van der Waals surface area contributed by atoms with Crippen molar-refractivity contribution in [3.8, 4) is 11.3 Å². The third kappa shape index (κ3) is 4.27. The second kappa shape index (κ2) is 7.06. The van der Waals surface area contributed by atoms with E-state index in [1.165, 1.54) is 0 Å². The summed E-state index contributed by atoms with van der Waals surface area (Å²) in [5, 5.41) is 6.01. The number of nitrogens with zero attached hydrogens (tertiary/aromatic N) is 1. The molecule has 1 heterocycles. The molecule has 0 unspecified atom stereocenters. The number of nitrogens with one attached hydrogen (secondary N) is 1. The number of aromatic nitrogens is 1. The number of aryl methyl sites for hydroxylation is 1. The van der Waals surface area contributed by atoms with E-state index in [9.17, 15) is 4.79 Å². The first-order valence-electron chi connectivity index (χ1n) is 7.17. The van der Waals surface area contributed by atoms with Crippen molar-refractivity contribution in [2.45, 2.75) is 13.3 Å². The molecule has 0 aliphatic rings. The molecule has 1 N–H and O–H groups in total. The molecule has 0 radical (unpaired) electrons. The number of anilines is 1. The lowest BCUT2D eigenvalue weighted by atomic mass is 10.1. The highest BCUT2D eigenvalue weighted by molar-refractivity contribution is 9.10. The van der Waals surface area contributed by atoms with Gasteiger partial charge in [-0.15, -0.1) is 11.3 Å². The summed E-state index contributed by atoms with van der Waals surface area (Å²) in [6.45, 7) is 1.99. The second-order valence-corrected chi connectivity index (χ2v) is 7.16. The molecule has 2 aromatic carbocycles. The fourth-order valence-corrected chi connectivity index (χ4v) is 3.10. The van der Waals surface area contributed by atoms with Crippen LogP contribution in [0.3, 0.4) is 0 Å². The van der Waals surface area contributed by atoms with Gasteiger partial charge < -0.3 is 5.32 Å². The maximum absolute atomic E-state index is 12.1. The van der Waals surface area contributed by atoms with Crippen LogP contribution in [-0.4, -0.2) is 10.9 Å². The molecular formula is C18H15BrN2OS.